The number of carbonyl (C=O) groups excluding carboxylic acids is 2. The first kappa shape index (κ1) is 22.4. The van der Waals surface area contributed by atoms with Crippen molar-refractivity contribution in [3.63, 3.8) is 0 Å². The van der Waals surface area contributed by atoms with Crippen molar-refractivity contribution in [3.8, 4) is 11.1 Å². The molecule has 1 aliphatic heterocycles. The Morgan fingerprint density at radius 3 is 2.15 bits per heavy atom. The number of carboxylic acids is 1. The highest BCUT2D eigenvalue weighted by Gasteiger charge is 2.55. The number of nitrogens with zero attached hydrogens (tertiary/aromatic N) is 1. The molecule has 0 bridgehead atoms. The molecule has 2 N–H and O–H groups in total. The molecular formula is C27H30N2O5. The SMILES string of the molecule is CC1(C)CN(C(=O)C2(CNC(=O)OCC3c4ccccc4-c4ccccc43)CC2)CC1C(=O)O. The lowest BCUT2D eigenvalue weighted by Gasteiger charge is -2.25. The van der Waals surface area contributed by atoms with Gasteiger partial charge in [0.25, 0.3) is 0 Å². The van der Waals surface area contributed by atoms with E-state index in [2.05, 4.69) is 29.6 Å². The van der Waals surface area contributed by atoms with Crippen molar-refractivity contribution in [2.45, 2.75) is 32.6 Å². The van der Waals surface area contributed by atoms with E-state index in [0.29, 0.717) is 19.4 Å². The summed E-state index contributed by atoms with van der Waals surface area (Å²) in [6, 6.07) is 16.3. The molecule has 2 aromatic rings. The summed E-state index contributed by atoms with van der Waals surface area (Å²) >= 11 is 0. The smallest absolute Gasteiger partial charge is 0.407 e. The van der Waals surface area contributed by atoms with Gasteiger partial charge in [-0.25, -0.2) is 4.79 Å². The number of hydrogen-bond acceptors (Lipinski definition) is 4. The number of alkyl carbamates (subject to hydrolysis) is 1. The highest BCUT2D eigenvalue weighted by molar-refractivity contribution is 5.87. The molecule has 34 heavy (non-hydrogen) atoms. The molecule has 2 amide bonds. The van der Waals surface area contributed by atoms with E-state index in [0.717, 1.165) is 11.1 Å². The lowest BCUT2D eigenvalue weighted by atomic mass is 9.82. The topological polar surface area (TPSA) is 95.9 Å². The number of carbonyl (C=O) groups is 3. The van der Waals surface area contributed by atoms with Gasteiger partial charge in [0, 0.05) is 25.6 Å². The number of aliphatic carboxylic acids is 1. The average molecular weight is 463 g/mol. The summed E-state index contributed by atoms with van der Waals surface area (Å²) in [5, 5.41) is 12.3. The molecule has 3 aliphatic rings. The van der Waals surface area contributed by atoms with Crippen LogP contribution in [-0.4, -0.2) is 54.2 Å². The minimum absolute atomic E-state index is 0.0190. The van der Waals surface area contributed by atoms with Crippen LogP contribution in [0.15, 0.2) is 48.5 Å². The molecule has 1 heterocycles. The normalized spacial score (nSPS) is 21.5. The van der Waals surface area contributed by atoms with Crippen molar-refractivity contribution >= 4 is 18.0 Å². The second kappa shape index (κ2) is 8.15. The number of hydrogen-bond donors (Lipinski definition) is 2. The molecule has 0 spiro atoms. The Morgan fingerprint density at radius 2 is 1.62 bits per heavy atom. The fraction of sp³-hybridized carbons (Fsp3) is 0.444. The third-order valence-corrected chi connectivity index (χ3v) is 7.75. The number of fused-ring (bicyclic) bond motifs is 3. The summed E-state index contributed by atoms with van der Waals surface area (Å²) in [6.45, 7) is 4.82. The first-order valence-electron chi connectivity index (χ1n) is 11.8. The maximum Gasteiger partial charge on any atom is 0.407 e. The van der Waals surface area contributed by atoms with Gasteiger partial charge in [-0.1, -0.05) is 62.4 Å². The number of carboxylic acid groups (broad SMARTS) is 1. The Labute approximate surface area is 199 Å². The van der Waals surface area contributed by atoms with Gasteiger partial charge >= 0.3 is 12.1 Å². The van der Waals surface area contributed by atoms with Gasteiger partial charge < -0.3 is 20.1 Å². The van der Waals surface area contributed by atoms with Gasteiger partial charge in [0.2, 0.25) is 5.91 Å². The molecule has 2 fully saturated rings. The number of nitrogens with one attached hydrogen (secondary N) is 1. The van der Waals surface area contributed by atoms with E-state index in [-0.39, 0.29) is 31.5 Å². The van der Waals surface area contributed by atoms with Crippen LogP contribution in [0.2, 0.25) is 0 Å². The largest absolute Gasteiger partial charge is 0.481 e. The molecule has 1 unspecified atom stereocenters. The molecule has 0 radical (unpaired) electrons. The van der Waals surface area contributed by atoms with E-state index in [1.54, 1.807) is 4.90 Å². The minimum atomic E-state index is -0.873. The molecule has 2 aliphatic carbocycles. The summed E-state index contributed by atoms with van der Waals surface area (Å²) in [7, 11) is 0. The van der Waals surface area contributed by atoms with Gasteiger partial charge in [0.05, 0.1) is 11.3 Å². The third-order valence-electron chi connectivity index (χ3n) is 7.75. The van der Waals surface area contributed by atoms with E-state index in [1.165, 1.54) is 11.1 Å². The number of rotatable bonds is 6. The molecule has 1 atom stereocenters. The second-order valence-electron chi connectivity index (χ2n) is 10.5. The van der Waals surface area contributed by atoms with E-state index in [4.69, 9.17) is 4.74 Å². The van der Waals surface area contributed by atoms with Crippen molar-refractivity contribution < 1.29 is 24.2 Å². The van der Waals surface area contributed by atoms with Crippen molar-refractivity contribution in [2.75, 3.05) is 26.2 Å². The van der Waals surface area contributed by atoms with E-state index in [9.17, 15) is 19.5 Å². The molecule has 1 saturated heterocycles. The van der Waals surface area contributed by atoms with Crippen LogP contribution in [0.25, 0.3) is 11.1 Å². The highest BCUT2D eigenvalue weighted by Crippen LogP contribution is 2.49. The standard InChI is InChI=1S/C27H30N2O5/c1-26(2)16-29(13-22(26)23(30)31)24(32)27(11-12-27)15-28-25(33)34-14-21-19-9-5-3-7-17(19)18-8-4-6-10-20(18)21/h3-10,21-22H,11-16H2,1-2H3,(H,28,33)(H,30,31). The number of benzene rings is 2. The van der Waals surface area contributed by atoms with Crippen LogP contribution in [0.4, 0.5) is 4.79 Å². The fourth-order valence-corrected chi connectivity index (χ4v) is 5.54. The summed E-state index contributed by atoms with van der Waals surface area (Å²) in [6.07, 6.45) is 0.833. The zero-order valence-electron chi connectivity index (χ0n) is 19.5. The van der Waals surface area contributed by atoms with Gasteiger partial charge in [-0.05, 0) is 40.5 Å². The molecule has 2 aromatic carbocycles. The summed E-state index contributed by atoms with van der Waals surface area (Å²) < 4.78 is 5.60. The van der Waals surface area contributed by atoms with Crippen LogP contribution in [0.5, 0.6) is 0 Å². The van der Waals surface area contributed by atoms with Gasteiger partial charge in [0.15, 0.2) is 0 Å². The van der Waals surface area contributed by atoms with E-state index < -0.39 is 28.8 Å². The van der Waals surface area contributed by atoms with Crippen molar-refractivity contribution in [1.82, 2.24) is 10.2 Å². The zero-order valence-corrected chi connectivity index (χ0v) is 19.5. The minimum Gasteiger partial charge on any atom is -0.481 e. The highest BCUT2D eigenvalue weighted by atomic mass is 16.5. The molecule has 7 nitrogen and oxygen atoms in total. The average Bonchev–Trinajstić information content (AvgIpc) is 3.45. The first-order valence-corrected chi connectivity index (χ1v) is 11.8. The third kappa shape index (κ3) is 3.83. The first-order chi connectivity index (χ1) is 16.2. The van der Waals surface area contributed by atoms with Crippen LogP contribution in [0, 0.1) is 16.7 Å². The van der Waals surface area contributed by atoms with Crippen LogP contribution >= 0.6 is 0 Å². The fourth-order valence-electron chi connectivity index (χ4n) is 5.54. The lowest BCUT2D eigenvalue weighted by molar-refractivity contribution is -0.144. The lowest BCUT2D eigenvalue weighted by Crippen LogP contribution is -2.42. The summed E-state index contributed by atoms with van der Waals surface area (Å²) in [5.74, 6) is -1.54. The van der Waals surface area contributed by atoms with E-state index >= 15 is 0 Å². The maximum absolute atomic E-state index is 13.2. The Balaban J connectivity index is 1.18. The van der Waals surface area contributed by atoms with Crippen LogP contribution in [-0.2, 0) is 14.3 Å². The molecule has 178 valence electrons. The van der Waals surface area contributed by atoms with Gasteiger partial charge in [-0.15, -0.1) is 0 Å². The van der Waals surface area contributed by atoms with Gasteiger partial charge in [-0.3, -0.25) is 9.59 Å². The number of likely N-dealkylation sites (tertiary alicyclic amines) is 1. The molecule has 0 aromatic heterocycles. The second-order valence-corrected chi connectivity index (χ2v) is 10.5. The quantitative estimate of drug-likeness (QED) is 0.679. The predicted molar refractivity (Wildman–Crippen MR) is 126 cm³/mol. The summed E-state index contributed by atoms with van der Waals surface area (Å²) in [5.41, 5.74) is 3.52. The number of amides is 2. The van der Waals surface area contributed by atoms with Crippen LogP contribution in [0.3, 0.4) is 0 Å². The Kier molecular flexibility index (Phi) is 5.38. The van der Waals surface area contributed by atoms with Gasteiger partial charge in [0.1, 0.15) is 6.61 Å². The van der Waals surface area contributed by atoms with Crippen molar-refractivity contribution in [1.29, 1.82) is 0 Å². The Hall–Kier alpha value is -3.35. The summed E-state index contributed by atoms with van der Waals surface area (Å²) in [4.78, 5) is 39.0. The number of ether oxygens (including phenoxy) is 1. The van der Waals surface area contributed by atoms with Crippen molar-refractivity contribution in [3.05, 3.63) is 59.7 Å². The zero-order chi connectivity index (χ0) is 24.1. The molecule has 1 saturated carbocycles. The monoisotopic (exact) mass is 462 g/mol. The van der Waals surface area contributed by atoms with Crippen LogP contribution < -0.4 is 5.32 Å². The maximum atomic E-state index is 13.2. The molecule has 5 rings (SSSR count). The predicted octanol–water partition coefficient (Wildman–Crippen LogP) is 3.87. The van der Waals surface area contributed by atoms with E-state index in [1.807, 2.05) is 38.1 Å². The van der Waals surface area contributed by atoms with Gasteiger partial charge in [-0.2, -0.15) is 0 Å². The Bertz CT molecular complexity index is 1110. The molecular weight excluding hydrogens is 432 g/mol. The van der Waals surface area contributed by atoms with Crippen molar-refractivity contribution in [2.24, 2.45) is 16.7 Å². The van der Waals surface area contributed by atoms with Crippen LogP contribution in [0.1, 0.15) is 43.7 Å². The Morgan fingerprint density at radius 1 is 1.03 bits per heavy atom. The molecule has 7 heteroatoms.